The van der Waals surface area contributed by atoms with Gasteiger partial charge in [0, 0.05) is 13.2 Å². The molecule has 0 aliphatic carbocycles. The summed E-state index contributed by atoms with van der Waals surface area (Å²) in [7, 11) is 0. The van der Waals surface area contributed by atoms with Crippen LogP contribution in [0.5, 0.6) is 0 Å². The van der Waals surface area contributed by atoms with Crippen LogP contribution in [0.1, 0.15) is 12.8 Å². The van der Waals surface area contributed by atoms with E-state index in [2.05, 4.69) is 10.5 Å². The van der Waals surface area contributed by atoms with Gasteiger partial charge in [-0.3, -0.25) is 4.79 Å². The third-order valence-corrected chi connectivity index (χ3v) is 3.90. The maximum atomic E-state index is 13.8. The van der Waals surface area contributed by atoms with E-state index in [4.69, 9.17) is 27.3 Å². The average molecular weight is 316 g/mol. The monoisotopic (exact) mass is 315 g/mol. The Morgan fingerprint density at radius 2 is 2.14 bits per heavy atom. The predicted octanol–water partition coefficient (Wildman–Crippen LogP) is 1.96. The van der Waals surface area contributed by atoms with E-state index in [0.717, 1.165) is 0 Å². The molecule has 1 aromatic rings. The number of nitrogens with two attached hydrogens (primary N) is 1. The summed E-state index contributed by atoms with van der Waals surface area (Å²) in [6, 6.07) is 4.07. The fourth-order valence-corrected chi connectivity index (χ4v) is 2.48. The Labute approximate surface area is 125 Å². The second-order valence-corrected chi connectivity index (χ2v) is 5.14. The normalized spacial score (nSPS) is 18.3. The topological polar surface area (TPSA) is 96.9 Å². The van der Waals surface area contributed by atoms with E-state index in [9.17, 15) is 9.18 Å². The van der Waals surface area contributed by atoms with Crippen LogP contribution in [0.2, 0.25) is 5.02 Å². The van der Waals surface area contributed by atoms with Crippen molar-refractivity contribution in [1.29, 1.82) is 0 Å². The van der Waals surface area contributed by atoms with E-state index in [0.29, 0.717) is 0 Å². The number of ether oxygens (including phenoxy) is 1. The van der Waals surface area contributed by atoms with Crippen LogP contribution in [0.4, 0.5) is 10.1 Å². The molecule has 0 saturated carbocycles. The summed E-state index contributed by atoms with van der Waals surface area (Å²) in [4.78, 5) is 12.5. The Bertz CT molecular complexity index is 554. The number of amidine groups is 1. The van der Waals surface area contributed by atoms with Gasteiger partial charge in [-0.1, -0.05) is 22.8 Å². The number of nitrogens with one attached hydrogen (secondary N) is 1. The maximum absolute atomic E-state index is 13.8. The van der Waals surface area contributed by atoms with E-state index in [1.54, 1.807) is 0 Å². The zero-order valence-corrected chi connectivity index (χ0v) is 11.9. The predicted molar refractivity (Wildman–Crippen MR) is 75.9 cm³/mol. The standard InChI is InChI=1S/C13H15ClFN3O3/c14-8-2-1-3-9(15)10(8)17-12(19)13(11(16)18-20)4-6-21-7-5-13/h1-3,20H,4-7H2,(H2,16,18)(H,17,19). The molecule has 2 rings (SSSR count). The van der Waals surface area contributed by atoms with Gasteiger partial charge in [-0.15, -0.1) is 0 Å². The molecule has 1 fully saturated rings. The molecule has 1 amide bonds. The SMILES string of the molecule is N/C(=N/O)C1(C(=O)Nc2c(F)cccc2Cl)CCOCC1. The Kier molecular flexibility index (Phi) is 4.64. The van der Waals surface area contributed by atoms with Crippen LogP contribution in [0, 0.1) is 11.2 Å². The lowest BCUT2D eigenvalue weighted by Gasteiger charge is -2.34. The van der Waals surface area contributed by atoms with Crippen LogP contribution >= 0.6 is 11.6 Å². The highest BCUT2D eigenvalue weighted by Gasteiger charge is 2.44. The Morgan fingerprint density at radius 1 is 1.48 bits per heavy atom. The number of halogens is 2. The molecule has 4 N–H and O–H groups in total. The van der Waals surface area contributed by atoms with Crippen LogP contribution in [0.15, 0.2) is 23.4 Å². The molecule has 0 spiro atoms. The molecule has 1 aromatic carbocycles. The van der Waals surface area contributed by atoms with Gasteiger partial charge >= 0.3 is 0 Å². The van der Waals surface area contributed by atoms with Gasteiger partial charge < -0.3 is 21.0 Å². The highest BCUT2D eigenvalue weighted by molar-refractivity contribution is 6.34. The third-order valence-electron chi connectivity index (χ3n) is 3.58. The third kappa shape index (κ3) is 2.93. The first-order chi connectivity index (χ1) is 10.0. The summed E-state index contributed by atoms with van der Waals surface area (Å²) < 4.78 is 18.9. The number of carbonyl (C=O) groups is 1. The minimum atomic E-state index is -1.24. The summed E-state index contributed by atoms with van der Waals surface area (Å²) in [5.74, 6) is -1.46. The summed E-state index contributed by atoms with van der Waals surface area (Å²) in [5.41, 5.74) is 4.31. The van der Waals surface area contributed by atoms with E-state index in [1.807, 2.05) is 0 Å². The minimum absolute atomic E-state index is 0.0741. The number of anilines is 1. The molecule has 1 aliphatic rings. The van der Waals surface area contributed by atoms with Crippen molar-refractivity contribution in [2.75, 3.05) is 18.5 Å². The molecule has 0 bridgehead atoms. The summed E-state index contributed by atoms with van der Waals surface area (Å²) >= 11 is 5.88. The van der Waals surface area contributed by atoms with Gasteiger partial charge in [0.15, 0.2) is 5.84 Å². The number of nitrogens with zero attached hydrogens (tertiary/aromatic N) is 1. The number of hydrogen-bond donors (Lipinski definition) is 3. The lowest BCUT2D eigenvalue weighted by atomic mass is 9.78. The van der Waals surface area contributed by atoms with Gasteiger partial charge in [0.25, 0.3) is 0 Å². The molecular weight excluding hydrogens is 301 g/mol. The number of oxime groups is 1. The molecule has 0 aromatic heterocycles. The molecule has 0 unspecified atom stereocenters. The second kappa shape index (κ2) is 6.28. The lowest BCUT2D eigenvalue weighted by molar-refractivity contribution is -0.126. The Hall–Kier alpha value is -1.86. The summed E-state index contributed by atoms with van der Waals surface area (Å²) in [5, 5.41) is 14.4. The maximum Gasteiger partial charge on any atom is 0.238 e. The Balaban J connectivity index is 2.32. The van der Waals surface area contributed by atoms with Crippen molar-refractivity contribution >= 4 is 29.0 Å². The van der Waals surface area contributed by atoms with Crippen molar-refractivity contribution in [1.82, 2.24) is 0 Å². The molecule has 6 nitrogen and oxygen atoms in total. The van der Waals surface area contributed by atoms with E-state index < -0.39 is 17.1 Å². The number of para-hydroxylation sites is 1. The van der Waals surface area contributed by atoms with Gasteiger partial charge in [0.1, 0.15) is 11.2 Å². The molecule has 114 valence electrons. The fourth-order valence-electron chi connectivity index (χ4n) is 2.27. The molecule has 21 heavy (non-hydrogen) atoms. The molecular formula is C13H15ClFN3O3. The van der Waals surface area contributed by atoms with Crippen molar-refractivity contribution < 1.29 is 19.1 Å². The highest BCUT2D eigenvalue weighted by atomic mass is 35.5. The first kappa shape index (κ1) is 15.5. The van der Waals surface area contributed by atoms with Crippen molar-refractivity contribution in [3.8, 4) is 0 Å². The van der Waals surface area contributed by atoms with E-state index in [1.165, 1.54) is 18.2 Å². The van der Waals surface area contributed by atoms with E-state index in [-0.39, 0.29) is 42.6 Å². The van der Waals surface area contributed by atoms with Crippen LogP contribution in [0.25, 0.3) is 0 Å². The van der Waals surface area contributed by atoms with Crippen molar-refractivity contribution in [2.24, 2.45) is 16.3 Å². The number of carbonyl (C=O) groups excluding carboxylic acids is 1. The molecule has 1 heterocycles. The Morgan fingerprint density at radius 3 is 2.71 bits per heavy atom. The van der Waals surface area contributed by atoms with Gasteiger partial charge in [0.05, 0.1) is 10.7 Å². The van der Waals surface area contributed by atoms with Gasteiger partial charge in [-0.05, 0) is 25.0 Å². The summed E-state index contributed by atoms with van der Waals surface area (Å²) in [6.07, 6.45) is 0.474. The molecule has 1 aliphatic heterocycles. The highest BCUT2D eigenvalue weighted by Crippen LogP contribution is 2.34. The quantitative estimate of drug-likeness (QED) is 0.344. The second-order valence-electron chi connectivity index (χ2n) is 4.73. The summed E-state index contributed by atoms with van der Waals surface area (Å²) in [6.45, 7) is 0.573. The lowest BCUT2D eigenvalue weighted by Crippen LogP contribution is -2.50. The largest absolute Gasteiger partial charge is 0.409 e. The average Bonchev–Trinajstić information content (AvgIpc) is 2.50. The first-order valence-electron chi connectivity index (χ1n) is 6.32. The number of hydrogen-bond acceptors (Lipinski definition) is 4. The molecule has 0 radical (unpaired) electrons. The molecule has 0 atom stereocenters. The van der Waals surface area contributed by atoms with Crippen LogP contribution in [-0.4, -0.2) is 30.2 Å². The zero-order valence-electron chi connectivity index (χ0n) is 11.1. The molecule has 1 saturated heterocycles. The van der Waals surface area contributed by atoms with Crippen molar-refractivity contribution in [3.05, 3.63) is 29.0 Å². The van der Waals surface area contributed by atoms with Gasteiger partial charge in [-0.2, -0.15) is 0 Å². The van der Waals surface area contributed by atoms with Crippen LogP contribution in [0.3, 0.4) is 0 Å². The minimum Gasteiger partial charge on any atom is -0.409 e. The smallest absolute Gasteiger partial charge is 0.238 e. The van der Waals surface area contributed by atoms with Crippen LogP contribution in [-0.2, 0) is 9.53 Å². The zero-order chi connectivity index (χ0) is 15.5. The van der Waals surface area contributed by atoms with Crippen molar-refractivity contribution in [3.63, 3.8) is 0 Å². The van der Waals surface area contributed by atoms with Crippen LogP contribution < -0.4 is 11.1 Å². The molecule has 8 heteroatoms. The number of benzene rings is 1. The van der Waals surface area contributed by atoms with Gasteiger partial charge in [-0.25, -0.2) is 4.39 Å². The van der Waals surface area contributed by atoms with Crippen molar-refractivity contribution in [2.45, 2.75) is 12.8 Å². The number of rotatable bonds is 3. The fraction of sp³-hybridized carbons (Fsp3) is 0.385. The van der Waals surface area contributed by atoms with E-state index >= 15 is 0 Å². The van der Waals surface area contributed by atoms with Gasteiger partial charge in [0.2, 0.25) is 5.91 Å². The first-order valence-corrected chi connectivity index (χ1v) is 6.70. The number of amides is 1.